The van der Waals surface area contributed by atoms with Crippen LogP contribution in [0, 0.1) is 0 Å². The predicted molar refractivity (Wildman–Crippen MR) is 67.6 cm³/mol. The maximum Gasteiger partial charge on any atom is 0.342 e. The molecule has 2 N–H and O–H groups in total. The molecule has 0 bridgehead atoms. The molecule has 1 heterocycles. The number of alkyl halides is 1. The first-order chi connectivity index (χ1) is 9.58. The van der Waals surface area contributed by atoms with Crippen molar-refractivity contribution >= 4 is 5.97 Å². The Bertz CT molecular complexity index is 508. The average molecular weight is 285 g/mol. The van der Waals surface area contributed by atoms with Crippen LogP contribution in [0.4, 0.5) is 4.39 Å². The summed E-state index contributed by atoms with van der Waals surface area (Å²) in [6, 6.07) is 1.88. The summed E-state index contributed by atoms with van der Waals surface area (Å²) in [5.74, 6) is 0.235. The zero-order valence-electron chi connectivity index (χ0n) is 11.2. The molecule has 110 valence electrons. The summed E-state index contributed by atoms with van der Waals surface area (Å²) in [5, 5.41) is 0. The number of halogens is 1. The largest absolute Gasteiger partial charge is 0.493 e. The number of hydrogen-bond donors (Lipinski definition) is 1. The van der Waals surface area contributed by atoms with Crippen molar-refractivity contribution < 1.29 is 28.1 Å². The number of benzene rings is 1. The Morgan fingerprint density at radius 3 is 2.90 bits per heavy atom. The van der Waals surface area contributed by atoms with Crippen LogP contribution in [0.15, 0.2) is 12.1 Å². The van der Waals surface area contributed by atoms with Gasteiger partial charge in [-0.1, -0.05) is 0 Å². The van der Waals surface area contributed by atoms with Crippen LogP contribution in [0.2, 0.25) is 0 Å². The van der Waals surface area contributed by atoms with Gasteiger partial charge in [0.2, 0.25) is 18.7 Å². The van der Waals surface area contributed by atoms with E-state index in [9.17, 15) is 9.18 Å². The number of ether oxygens (including phenoxy) is 4. The molecule has 1 unspecified atom stereocenters. The quantitative estimate of drug-likeness (QED) is 0.822. The van der Waals surface area contributed by atoms with Crippen molar-refractivity contribution in [1.29, 1.82) is 0 Å². The third-order valence-corrected chi connectivity index (χ3v) is 2.89. The summed E-state index contributed by atoms with van der Waals surface area (Å²) >= 11 is 0. The number of methoxy groups -OCH3 is 1. The summed E-state index contributed by atoms with van der Waals surface area (Å²) in [7, 11) is 1.45. The fraction of sp³-hybridized carbons (Fsp3) is 0.462. The molecule has 20 heavy (non-hydrogen) atoms. The van der Waals surface area contributed by atoms with Gasteiger partial charge in [-0.2, -0.15) is 0 Å². The highest BCUT2D eigenvalue weighted by atomic mass is 19.1. The Morgan fingerprint density at radius 1 is 1.50 bits per heavy atom. The first-order valence-corrected chi connectivity index (χ1v) is 6.12. The third-order valence-electron chi connectivity index (χ3n) is 2.89. The monoisotopic (exact) mass is 285 g/mol. The molecule has 7 heteroatoms. The van der Waals surface area contributed by atoms with Crippen molar-refractivity contribution in [3.63, 3.8) is 0 Å². The van der Waals surface area contributed by atoms with Gasteiger partial charge in [0.25, 0.3) is 0 Å². The highest BCUT2D eigenvalue weighted by Crippen LogP contribution is 2.43. The molecule has 0 spiro atoms. The third kappa shape index (κ3) is 2.62. The molecule has 0 saturated carbocycles. The van der Waals surface area contributed by atoms with Crippen molar-refractivity contribution in [2.45, 2.75) is 19.1 Å². The van der Waals surface area contributed by atoms with Crippen LogP contribution in [0.3, 0.4) is 0 Å². The van der Waals surface area contributed by atoms with E-state index in [2.05, 4.69) is 4.74 Å². The lowest BCUT2D eigenvalue weighted by Gasteiger charge is -2.17. The van der Waals surface area contributed by atoms with E-state index < -0.39 is 18.2 Å². The number of rotatable bonds is 5. The standard InChI is InChI=1S/C13H16FNO5/c1-3-18-13(16)10(14)11(15)7-4-8(17-2)12-9(5-7)19-6-20-12/h4-5,10-11H,3,6,15H2,1-2H3/t10?,11-/m0/s1. The highest BCUT2D eigenvalue weighted by Gasteiger charge is 2.30. The van der Waals surface area contributed by atoms with Gasteiger partial charge in [0.05, 0.1) is 19.8 Å². The van der Waals surface area contributed by atoms with Crippen LogP contribution in [0.25, 0.3) is 0 Å². The number of carbonyl (C=O) groups excluding carboxylic acids is 1. The first-order valence-electron chi connectivity index (χ1n) is 6.12. The maximum atomic E-state index is 13.9. The molecule has 0 aromatic heterocycles. The minimum Gasteiger partial charge on any atom is -0.493 e. The number of nitrogens with two attached hydrogens (primary N) is 1. The van der Waals surface area contributed by atoms with Crippen LogP contribution in [-0.2, 0) is 9.53 Å². The zero-order valence-corrected chi connectivity index (χ0v) is 11.2. The fourth-order valence-electron chi connectivity index (χ4n) is 1.88. The van der Waals surface area contributed by atoms with Gasteiger partial charge in [0.15, 0.2) is 11.5 Å². The predicted octanol–water partition coefficient (Wildman–Crippen LogP) is 1.32. The lowest BCUT2D eigenvalue weighted by Crippen LogP contribution is -2.31. The molecule has 1 aromatic carbocycles. The lowest BCUT2D eigenvalue weighted by molar-refractivity contribution is -0.149. The molecular weight excluding hydrogens is 269 g/mol. The number of hydrogen-bond acceptors (Lipinski definition) is 6. The molecule has 2 atom stereocenters. The van der Waals surface area contributed by atoms with E-state index in [-0.39, 0.29) is 13.4 Å². The van der Waals surface area contributed by atoms with Crippen LogP contribution in [-0.4, -0.2) is 32.7 Å². The normalized spacial score (nSPS) is 15.6. The Hall–Kier alpha value is -2.02. The van der Waals surface area contributed by atoms with E-state index in [0.29, 0.717) is 22.8 Å². The van der Waals surface area contributed by atoms with Crippen molar-refractivity contribution in [2.75, 3.05) is 20.5 Å². The lowest BCUT2D eigenvalue weighted by atomic mass is 10.0. The van der Waals surface area contributed by atoms with Gasteiger partial charge in [0.1, 0.15) is 0 Å². The highest BCUT2D eigenvalue weighted by molar-refractivity contribution is 5.76. The van der Waals surface area contributed by atoms with Gasteiger partial charge in [-0.25, -0.2) is 9.18 Å². The number of carbonyl (C=O) groups is 1. The van der Waals surface area contributed by atoms with E-state index in [1.165, 1.54) is 19.2 Å². The summed E-state index contributed by atoms with van der Waals surface area (Å²) in [5.41, 5.74) is 6.13. The Balaban J connectivity index is 2.26. The van der Waals surface area contributed by atoms with E-state index in [0.717, 1.165) is 0 Å². The number of fused-ring (bicyclic) bond motifs is 1. The Kier molecular flexibility index (Phi) is 4.29. The molecule has 6 nitrogen and oxygen atoms in total. The second-order valence-corrected chi connectivity index (χ2v) is 4.14. The van der Waals surface area contributed by atoms with Gasteiger partial charge in [-0.05, 0) is 24.6 Å². The molecule has 1 aromatic rings. The first kappa shape index (κ1) is 14.4. The van der Waals surface area contributed by atoms with Crippen molar-refractivity contribution in [2.24, 2.45) is 5.73 Å². The van der Waals surface area contributed by atoms with E-state index >= 15 is 0 Å². The Labute approximate surface area is 115 Å². The summed E-state index contributed by atoms with van der Waals surface area (Å²) in [6.07, 6.45) is -1.96. The van der Waals surface area contributed by atoms with Gasteiger partial charge in [-0.3, -0.25) is 0 Å². The zero-order chi connectivity index (χ0) is 14.7. The second-order valence-electron chi connectivity index (χ2n) is 4.14. The minimum absolute atomic E-state index is 0.0569. The van der Waals surface area contributed by atoms with Gasteiger partial charge >= 0.3 is 5.97 Å². The molecule has 1 aliphatic rings. The average Bonchev–Trinajstić information content (AvgIpc) is 2.93. The van der Waals surface area contributed by atoms with Gasteiger partial charge < -0.3 is 24.7 Å². The molecule has 0 fully saturated rings. The summed E-state index contributed by atoms with van der Waals surface area (Å²) < 4.78 is 34.1. The Morgan fingerprint density at radius 2 is 2.25 bits per heavy atom. The second kappa shape index (κ2) is 5.96. The molecule has 0 amide bonds. The van der Waals surface area contributed by atoms with E-state index in [1.54, 1.807) is 6.92 Å². The van der Waals surface area contributed by atoms with Crippen LogP contribution in [0.5, 0.6) is 17.2 Å². The fourth-order valence-corrected chi connectivity index (χ4v) is 1.88. The molecule has 1 aliphatic heterocycles. The van der Waals surface area contributed by atoms with Crippen LogP contribution < -0.4 is 19.9 Å². The van der Waals surface area contributed by atoms with Crippen molar-refractivity contribution in [1.82, 2.24) is 0 Å². The summed E-state index contributed by atoms with van der Waals surface area (Å²) in [4.78, 5) is 11.4. The smallest absolute Gasteiger partial charge is 0.342 e. The SMILES string of the molecule is CCOC(=O)C(F)[C@@H](N)c1cc(OC)c2c(c1)OCO2. The maximum absolute atomic E-state index is 13.9. The van der Waals surface area contributed by atoms with E-state index in [1.807, 2.05) is 0 Å². The van der Waals surface area contributed by atoms with Crippen molar-refractivity contribution in [3.8, 4) is 17.2 Å². The molecule has 2 rings (SSSR count). The van der Waals surface area contributed by atoms with Gasteiger partial charge in [0, 0.05) is 0 Å². The van der Waals surface area contributed by atoms with Gasteiger partial charge in [-0.15, -0.1) is 0 Å². The molecule has 0 radical (unpaired) electrons. The molecular formula is C13H16FNO5. The molecule has 0 aliphatic carbocycles. The molecule has 0 saturated heterocycles. The minimum atomic E-state index is -1.96. The number of esters is 1. The summed E-state index contributed by atoms with van der Waals surface area (Å²) in [6.45, 7) is 1.75. The topological polar surface area (TPSA) is 80.0 Å². The van der Waals surface area contributed by atoms with E-state index in [4.69, 9.17) is 19.9 Å². The van der Waals surface area contributed by atoms with Crippen LogP contribution in [0.1, 0.15) is 18.5 Å². The van der Waals surface area contributed by atoms with Crippen LogP contribution >= 0.6 is 0 Å². The van der Waals surface area contributed by atoms with Crippen molar-refractivity contribution in [3.05, 3.63) is 17.7 Å².